The Balaban J connectivity index is 1.45. The summed E-state index contributed by atoms with van der Waals surface area (Å²) in [5.74, 6) is -0.864. The van der Waals surface area contributed by atoms with Crippen LogP contribution in [0.25, 0.3) is 0 Å². The van der Waals surface area contributed by atoms with E-state index in [1.165, 1.54) is 18.2 Å². The molecule has 0 radical (unpaired) electrons. The largest absolute Gasteiger partial charge is 0.332 e. The summed E-state index contributed by atoms with van der Waals surface area (Å²) in [5.41, 5.74) is 0.405. The van der Waals surface area contributed by atoms with E-state index in [2.05, 4.69) is 16.0 Å². The molecule has 2 aliphatic rings. The van der Waals surface area contributed by atoms with Gasteiger partial charge < -0.3 is 16.0 Å². The maximum absolute atomic E-state index is 13.1. The summed E-state index contributed by atoms with van der Waals surface area (Å²) >= 11 is 5.66. The molecule has 3 atom stereocenters. The molecule has 1 aromatic rings. The first-order valence-corrected chi connectivity index (χ1v) is 10.4. The van der Waals surface area contributed by atoms with Crippen molar-refractivity contribution in [2.24, 2.45) is 0 Å². The average Bonchev–Trinajstić information content (AvgIpc) is 2.99. The smallest absolute Gasteiger partial charge is 0.315 e. The first kappa shape index (κ1) is 18.9. The molecule has 0 spiro atoms. The molecule has 142 valence electrons. The summed E-state index contributed by atoms with van der Waals surface area (Å²) in [4.78, 5) is 23.3. The number of sulfone groups is 1. The molecule has 0 aliphatic carbocycles. The molecule has 7 nitrogen and oxygen atoms in total. The Morgan fingerprint density at radius 3 is 2.81 bits per heavy atom. The zero-order valence-electron chi connectivity index (χ0n) is 13.8. The number of halogens is 2. The number of fused-ring (bicyclic) bond motifs is 1. The van der Waals surface area contributed by atoms with E-state index in [0.29, 0.717) is 24.9 Å². The first-order chi connectivity index (χ1) is 12.3. The molecule has 0 saturated carbocycles. The van der Waals surface area contributed by atoms with Crippen molar-refractivity contribution in [2.45, 2.75) is 43.0 Å². The van der Waals surface area contributed by atoms with Crippen LogP contribution in [0, 0.1) is 5.82 Å². The quantitative estimate of drug-likeness (QED) is 0.497. The van der Waals surface area contributed by atoms with Crippen molar-refractivity contribution < 1.29 is 22.4 Å². The van der Waals surface area contributed by atoms with Crippen LogP contribution in [0.2, 0.25) is 5.02 Å². The Labute approximate surface area is 155 Å². The van der Waals surface area contributed by atoms with Crippen molar-refractivity contribution in [3.8, 4) is 0 Å². The lowest BCUT2D eigenvalue weighted by Crippen LogP contribution is -2.39. The molecular weight excluding hydrogens is 385 g/mol. The van der Waals surface area contributed by atoms with Crippen molar-refractivity contribution >= 4 is 39.1 Å². The van der Waals surface area contributed by atoms with E-state index in [9.17, 15) is 22.4 Å². The van der Waals surface area contributed by atoms with Gasteiger partial charge in [0.2, 0.25) is 5.91 Å². The number of carbonyl (C=O) groups excluding carboxylic acids is 2. The van der Waals surface area contributed by atoms with Gasteiger partial charge in [-0.25, -0.2) is 17.6 Å². The number of nitrogens with one attached hydrogen (secondary N) is 3. The number of benzene rings is 1. The van der Waals surface area contributed by atoms with Gasteiger partial charge in [-0.1, -0.05) is 18.0 Å². The fraction of sp³-hybridized carbons (Fsp3) is 0.500. The van der Waals surface area contributed by atoms with Crippen molar-refractivity contribution in [3.63, 3.8) is 0 Å². The van der Waals surface area contributed by atoms with Crippen LogP contribution in [0.4, 0.5) is 14.9 Å². The zero-order chi connectivity index (χ0) is 18.9. The third kappa shape index (κ3) is 4.09. The van der Waals surface area contributed by atoms with E-state index in [1.807, 2.05) is 0 Å². The molecule has 0 aromatic heterocycles. The van der Waals surface area contributed by atoms with Gasteiger partial charge in [-0.3, -0.25) is 4.79 Å². The van der Waals surface area contributed by atoms with Crippen molar-refractivity contribution in [1.82, 2.24) is 10.6 Å². The van der Waals surface area contributed by atoms with Gasteiger partial charge in [0.1, 0.15) is 5.82 Å². The summed E-state index contributed by atoms with van der Waals surface area (Å²) in [6, 6.07) is 2.81. The highest BCUT2D eigenvalue weighted by molar-refractivity contribution is 7.92. The normalized spacial score (nSPS) is 26.1. The van der Waals surface area contributed by atoms with Crippen LogP contribution in [0.1, 0.15) is 25.7 Å². The Morgan fingerprint density at radius 2 is 2.08 bits per heavy atom. The number of amides is 3. The minimum absolute atomic E-state index is 0.0487. The average molecular weight is 404 g/mol. The second kappa shape index (κ2) is 7.40. The molecule has 2 heterocycles. The van der Waals surface area contributed by atoms with Gasteiger partial charge in [0, 0.05) is 12.1 Å². The SMILES string of the molecule is O=C(CCCC[C@@H]1[C@H]2NC(=O)N[C@@H]2CS1(=O)=O)Nc1ccc(F)c(Cl)c1. The number of anilines is 1. The molecule has 2 aliphatic heterocycles. The van der Waals surface area contributed by atoms with Gasteiger partial charge >= 0.3 is 6.03 Å². The number of hydrogen-bond acceptors (Lipinski definition) is 4. The summed E-state index contributed by atoms with van der Waals surface area (Å²) in [5, 5.41) is 7.21. The molecule has 0 unspecified atom stereocenters. The van der Waals surface area contributed by atoms with Crippen LogP contribution in [-0.2, 0) is 14.6 Å². The number of rotatable bonds is 6. The summed E-state index contributed by atoms with van der Waals surface area (Å²) in [7, 11) is -3.26. The van der Waals surface area contributed by atoms with Gasteiger partial charge in [-0.05, 0) is 31.0 Å². The van der Waals surface area contributed by atoms with E-state index >= 15 is 0 Å². The second-order valence-corrected chi connectivity index (χ2v) is 9.21. The summed E-state index contributed by atoms with van der Waals surface area (Å²) in [6.45, 7) is 0. The highest BCUT2D eigenvalue weighted by atomic mass is 35.5. The predicted octanol–water partition coefficient (Wildman–Crippen LogP) is 1.83. The van der Waals surface area contributed by atoms with E-state index in [-0.39, 0.29) is 35.2 Å². The third-order valence-corrected chi connectivity index (χ3v) is 7.23. The van der Waals surface area contributed by atoms with E-state index in [0.717, 1.165) is 0 Å². The summed E-state index contributed by atoms with van der Waals surface area (Å²) in [6.07, 6.45) is 1.65. The summed E-state index contributed by atoms with van der Waals surface area (Å²) < 4.78 is 37.5. The van der Waals surface area contributed by atoms with Gasteiger partial charge in [-0.15, -0.1) is 0 Å². The minimum Gasteiger partial charge on any atom is -0.332 e. The molecule has 2 saturated heterocycles. The van der Waals surface area contributed by atoms with E-state index < -0.39 is 26.9 Å². The minimum atomic E-state index is -3.26. The van der Waals surface area contributed by atoms with Crippen LogP contribution < -0.4 is 16.0 Å². The maximum Gasteiger partial charge on any atom is 0.315 e. The zero-order valence-corrected chi connectivity index (χ0v) is 15.4. The molecule has 2 fully saturated rings. The number of hydrogen-bond donors (Lipinski definition) is 3. The third-order valence-electron chi connectivity index (χ3n) is 4.67. The van der Waals surface area contributed by atoms with Gasteiger partial charge in [0.15, 0.2) is 9.84 Å². The van der Waals surface area contributed by atoms with Crippen LogP contribution in [0.15, 0.2) is 18.2 Å². The van der Waals surface area contributed by atoms with Crippen LogP contribution in [0.5, 0.6) is 0 Å². The standard InChI is InChI=1S/C16H19ClFN3O4S/c17-10-7-9(5-6-11(10)18)19-14(22)4-2-1-3-13-15-12(8-26(13,24)25)20-16(23)21-15/h5-7,12-13,15H,1-4,8H2,(H,19,22)(H2,20,21,23)/t12-,13-,15+/m1/s1. The maximum atomic E-state index is 13.1. The lowest BCUT2D eigenvalue weighted by Gasteiger charge is -2.16. The Hall–Kier alpha value is -1.87. The second-order valence-electron chi connectivity index (χ2n) is 6.54. The van der Waals surface area contributed by atoms with Gasteiger partial charge in [-0.2, -0.15) is 0 Å². The molecule has 10 heteroatoms. The Morgan fingerprint density at radius 1 is 1.31 bits per heavy atom. The molecule has 3 N–H and O–H groups in total. The van der Waals surface area contributed by atoms with Crippen LogP contribution in [0.3, 0.4) is 0 Å². The van der Waals surface area contributed by atoms with Crippen molar-refractivity contribution in [2.75, 3.05) is 11.1 Å². The highest BCUT2D eigenvalue weighted by Gasteiger charge is 2.51. The molecule has 3 rings (SSSR count). The molecular formula is C16H19ClFN3O4S. The first-order valence-electron chi connectivity index (χ1n) is 8.30. The van der Waals surface area contributed by atoms with Gasteiger partial charge in [0.25, 0.3) is 0 Å². The monoisotopic (exact) mass is 403 g/mol. The van der Waals surface area contributed by atoms with Crippen LogP contribution in [-0.4, -0.2) is 43.4 Å². The Kier molecular flexibility index (Phi) is 5.38. The number of unbranched alkanes of at least 4 members (excludes halogenated alkanes) is 1. The number of urea groups is 1. The molecule has 0 bridgehead atoms. The molecule has 26 heavy (non-hydrogen) atoms. The fourth-order valence-electron chi connectivity index (χ4n) is 3.43. The lowest BCUT2D eigenvalue weighted by atomic mass is 10.0. The lowest BCUT2D eigenvalue weighted by molar-refractivity contribution is -0.116. The highest BCUT2D eigenvalue weighted by Crippen LogP contribution is 2.28. The van der Waals surface area contributed by atoms with E-state index in [1.54, 1.807) is 0 Å². The Bertz CT molecular complexity index is 833. The fourth-order valence-corrected chi connectivity index (χ4v) is 5.88. The molecule has 1 aromatic carbocycles. The number of carbonyl (C=O) groups is 2. The van der Waals surface area contributed by atoms with Crippen molar-refractivity contribution in [3.05, 3.63) is 29.0 Å². The van der Waals surface area contributed by atoms with Gasteiger partial charge in [0.05, 0.1) is 28.1 Å². The van der Waals surface area contributed by atoms with Crippen LogP contribution >= 0.6 is 11.6 Å². The topological polar surface area (TPSA) is 104 Å². The van der Waals surface area contributed by atoms with Crippen molar-refractivity contribution in [1.29, 1.82) is 0 Å². The predicted molar refractivity (Wildman–Crippen MR) is 95.3 cm³/mol. The molecule has 3 amide bonds. The van der Waals surface area contributed by atoms with E-state index in [4.69, 9.17) is 11.6 Å².